The molecule has 24 heavy (non-hydrogen) atoms. The predicted octanol–water partition coefficient (Wildman–Crippen LogP) is 2.23. The van der Waals surface area contributed by atoms with E-state index in [0.29, 0.717) is 28.3 Å². The lowest BCUT2D eigenvalue weighted by molar-refractivity contribution is -0.125. The van der Waals surface area contributed by atoms with Crippen LogP contribution >= 0.6 is 0 Å². The Kier molecular flexibility index (Phi) is 2.96. The summed E-state index contributed by atoms with van der Waals surface area (Å²) in [6.45, 7) is 1.66. The van der Waals surface area contributed by atoms with Crippen LogP contribution in [0, 0.1) is 0 Å². The number of likely N-dealkylation sites (N-methyl/N-ethyl adjacent to an activating group) is 1. The van der Waals surface area contributed by atoms with E-state index in [9.17, 15) is 14.4 Å². The second-order valence-corrected chi connectivity index (χ2v) is 5.80. The number of hydrogen-bond donors (Lipinski definition) is 0. The van der Waals surface area contributed by atoms with Gasteiger partial charge in [0, 0.05) is 13.1 Å². The van der Waals surface area contributed by atoms with E-state index in [2.05, 4.69) is 0 Å². The second-order valence-electron chi connectivity index (χ2n) is 5.80. The average molecular weight is 322 g/mol. The van der Waals surface area contributed by atoms with E-state index in [-0.39, 0.29) is 17.7 Å². The largest absolute Gasteiger partial charge is 0.479 e. The summed E-state index contributed by atoms with van der Waals surface area (Å²) < 4.78 is 5.62. The number of carbonyl (C=O) groups excluding carboxylic acids is 3. The maximum Gasteiger partial charge on any atom is 0.267 e. The van der Waals surface area contributed by atoms with Crippen LogP contribution in [-0.2, 0) is 4.79 Å². The first-order chi connectivity index (χ1) is 11.5. The molecule has 120 valence electrons. The molecular weight excluding hydrogens is 308 g/mol. The van der Waals surface area contributed by atoms with Gasteiger partial charge >= 0.3 is 0 Å². The molecule has 2 heterocycles. The standard InChI is InChI=1S/C18H14N2O4/c1-10-16(21)19(2)14-8-7-11(9-15(14)24-10)20-17(22)12-5-3-4-6-13(12)18(20)23/h3-10H,1-2H3. The van der Waals surface area contributed by atoms with Gasteiger partial charge in [-0.3, -0.25) is 14.4 Å². The van der Waals surface area contributed by atoms with Crippen molar-refractivity contribution in [3.63, 3.8) is 0 Å². The Hall–Kier alpha value is -3.15. The molecule has 0 fully saturated rings. The van der Waals surface area contributed by atoms with E-state index in [1.54, 1.807) is 56.4 Å². The first kappa shape index (κ1) is 14.4. The van der Waals surface area contributed by atoms with Crippen LogP contribution in [0.15, 0.2) is 42.5 Å². The van der Waals surface area contributed by atoms with E-state index >= 15 is 0 Å². The summed E-state index contributed by atoms with van der Waals surface area (Å²) in [6.07, 6.45) is -0.611. The molecule has 2 aromatic carbocycles. The van der Waals surface area contributed by atoms with Crippen LogP contribution in [0.3, 0.4) is 0 Å². The van der Waals surface area contributed by atoms with Crippen LogP contribution in [0.5, 0.6) is 5.75 Å². The van der Waals surface area contributed by atoms with Gasteiger partial charge in [0.25, 0.3) is 17.7 Å². The van der Waals surface area contributed by atoms with Crippen LogP contribution in [-0.4, -0.2) is 30.9 Å². The van der Waals surface area contributed by atoms with Crippen LogP contribution in [0.25, 0.3) is 0 Å². The van der Waals surface area contributed by atoms with Gasteiger partial charge in [0.05, 0.1) is 22.5 Å². The van der Waals surface area contributed by atoms with Crippen molar-refractivity contribution in [1.29, 1.82) is 0 Å². The molecule has 0 radical (unpaired) electrons. The van der Waals surface area contributed by atoms with E-state index in [1.165, 1.54) is 4.90 Å². The van der Waals surface area contributed by atoms with Crippen molar-refractivity contribution in [1.82, 2.24) is 0 Å². The van der Waals surface area contributed by atoms with Crippen LogP contribution < -0.4 is 14.5 Å². The van der Waals surface area contributed by atoms with Gasteiger partial charge in [-0.25, -0.2) is 4.90 Å². The van der Waals surface area contributed by atoms with Crippen molar-refractivity contribution in [3.05, 3.63) is 53.6 Å². The lowest BCUT2D eigenvalue weighted by atomic mass is 10.1. The van der Waals surface area contributed by atoms with Gasteiger partial charge in [-0.1, -0.05) is 12.1 Å². The molecule has 2 aliphatic rings. The minimum atomic E-state index is -0.611. The first-order valence-corrected chi connectivity index (χ1v) is 7.55. The van der Waals surface area contributed by atoms with Crippen molar-refractivity contribution >= 4 is 29.1 Å². The van der Waals surface area contributed by atoms with Gasteiger partial charge in [-0.15, -0.1) is 0 Å². The molecule has 2 aromatic rings. The number of rotatable bonds is 1. The Morgan fingerprint density at radius 1 is 0.958 bits per heavy atom. The first-order valence-electron chi connectivity index (χ1n) is 7.55. The number of carbonyl (C=O) groups is 3. The Balaban J connectivity index is 1.78. The molecular formula is C18H14N2O4. The molecule has 0 saturated carbocycles. The molecule has 6 nitrogen and oxygen atoms in total. The molecule has 0 aliphatic carbocycles. The normalized spacial score (nSPS) is 19.2. The quantitative estimate of drug-likeness (QED) is 0.755. The highest BCUT2D eigenvalue weighted by Gasteiger charge is 2.37. The molecule has 3 amide bonds. The molecule has 6 heteroatoms. The SMILES string of the molecule is CC1Oc2cc(N3C(=O)c4ccccc4C3=O)ccc2N(C)C1=O. The maximum absolute atomic E-state index is 12.6. The molecule has 0 saturated heterocycles. The number of fused-ring (bicyclic) bond motifs is 2. The maximum atomic E-state index is 12.6. The lowest BCUT2D eigenvalue weighted by Crippen LogP contribution is -2.42. The van der Waals surface area contributed by atoms with E-state index in [0.717, 1.165) is 4.90 Å². The highest BCUT2D eigenvalue weighted by atomic mass is 16.5. The minimum Gasteiger partial charge on any atom is -0.479 e. The van der Waals surface area contributed by atoms with E-state index < -0.39 is 6.10 Å². The average Bonchev–Trinajstić information content (AvgIpc) is 2.84. The molecule has 0 N–H and O–H groups in total. The van der Waals surface area contributed by atoms with Crippen molar-refractivity contribution in [2.45, 2.75) is 13.0 Å². The zero-order chi connectivity index (χ0) is 17.0. The molecule has 0 aromatic heterocycles. The van der Waals surface area contributed by atoms with Gasteiger partial charge in [0.2, 0.25) is 0 Å². The molecule has 4 rings (SSSR count). The number of anilines is 2. The topological polar surface area (TPSA) is 66.9 Å². The van der Waals surface area contributed by atoms with E-state index in [4.69, 9.17) is 4.74 Å². The van der Waals surface area contributed by atoms with Crippen molar-refractivity contribution in [2.24, 2.45) is 0 Å². The second kappa shape index (κ2) is 4.92. The fraction of sp³-hybridized carbons (Fsp3) is 0.167. The number of imide groups is 1. The zero-order valence-corrected chi connectivity index (χ0v) is 13.1. The summed E-state index contributed by atoms with van der Waals surface area (Å²) in [7, 11) is 1.67. The lowest BCUT2D eigenvalue weighted by Gasteiger charge is -2.31. The van der Waals surface area contributed by atoms with Crippen LogP contribution in [0.1, 0.15) is 27.6 Å². The highest BCUT2D eigenvalue weighted by molar-refractivity contribution is 6.34. The number of ether oxygens (including phenoxy) is 1. The van der Waals surface area contributed by atoms with Crippen molar-refractivity contribution < 1.29 is 19.1 Å². The van der Waals surface area contributed by atoms with Gasteiger partial charge in [0.15, 0.2) is 6.10 Å². The summed E-state index contributed by atoms with van der Waals surface area (Å²) in [5, 5.41) is 0. The number of nitrogens with zero attached hydrogens (tertiary/aromatic N) is 2. The predicted molar refractivity (Wildman–Crippen MR) is 87.5 cm³/mol. The molecule has 1 atom stereocenters. The fourth-order valence-electron chi connectivity index (χ4n) is 3.07. The zero-order valence-electron chi connectivity index (χ0n) is 13.1. The van der Waals surface area contributed by atoms with E-state index in [1.807, 2.05) is 0 Å². The third kappa shape index (κ3) is 1.86. The van der Waals surface area contributed by atoms with Crippen molar-refractivity contribution in [2.75, 3.05) is 16.8 Å². The Bertz CT molecular complexity index is 871. The van der Waals surface area contributed by atoms with Gasteiger partial charge in [0.1, 0.15) is 5.75 Å². The van der Waals surface area contributed by atoms with Gasteiger partial charge < -0.3 is 9.64 Å². The van der Waals surface area contributed by atoms with Crippen LogP contribution in [0.2, 0.25) is 0 Å². The Morgan fingerprint density at radius 3 is 2.21 bits per heavy atom. The minimum absolute atomic E-state index is 0.143. The monoisotopic (exact) mass is 322 g/mol. The Labute approximate surface area is 138 Å². The summed E-state index contributed by atoms with van der Waals surface area (Å²) in [5.41, 5.74) is 1.82. The molecule has 0 bridgehead atoms. The highest BCUT2D eigenvalue weighted by Crippen LogP contribution is 2.38. The molecule has 2 aliphatic heterocycles. The third-order valence-corrected chi connectivity index (χ3v) is 4.34. The van der Waals surface area contributed by atoms with Crippen LogP contribution in [0.4, 0.5) is 11.4 Å². The van der Waals surface area contributed by atoms with Gasteiger partial charge in [-0.2, -0.15) is 0 Å². The molecule has 0 spiro atoms. The Morgan fingerprint density at radius 2 is 1.58 bits per heavy atom. The molecule has 1 unspecified atom stereocenters. The smallest absolute Gasteiger partial charge is 0.267 e. The number of amides is 3. The summed E-state index contributed by atoms with van der Waals surface area (Å²) >= 11 is 0. The summed E-state index contributed by atoms with van der Waals surface area (Å²) in [4.78, 5) is 39.7. The summed E-state index contributed by atoms with van der Waals surface area (Å²) in [6, 6.07) is 11.7. The fourth-order valence-corrected chi connectivity index (χ4v) is 3.07. The third-order valence-electron chi connectivity index (χ3n) is 4.34. The summed E-state index contributed by atoms with van der Waals surface area (Å²) in [5.74, 6) is -0.387. The number of hydrogen-bond acceptors (Lipinski definition) is 4. The van der Waals surface area contributed by atoms with Crippen molar-refractivity contribution in [3.8, 4) is 5.75 Å². The van der Waals surface area contributed by atoms with Gasteiger partial charge in [-0.05, 0) is 31.2 Å². The number of benzene rings is 2.